The SMILES string of the molecule is C=CCCC(=O)N/N=C(/CCC/C=C(\OC)C(=O)OC)C(=O)OC(C)C. The highest BCUT2D eigenvalue weighted by Crippen LogP contribution is 2.07. The van der Waals surface area contributed by atoms with Crippen molar-refractivity contribution < 1.29 is 28.6 Å². The maximum atomic E-state index is 12.1. The van der Waals surface area contributed by atoms with E-state index in [0.717, 1.165) is 0 Å². The normalized spacial score (nSPS) is 11.7. The molecule has 0 spiro atoms. The summed E-state index contributed by atoms with van der Waals surface area (Å²) in [5.41, 5.74) is 2.45. The topological polar surface area (TPSA) is 103 Å². The van der Waals surface area contributed by atoms with Gasteiger partial charge in [0.25, 0.3) is 0 Å². The third-order valence-electron chi connectivity index (χ3n) is 3.02. The summed E-state index contributed by atoms with van der Waals surface area (Å²) >= 11 is 0. The van der Waals surface area contributed by atoms with Crippen molar-refractivity contribution in [2.45, 2.75) is 52.1 Å². The first-order valence-corrected chi connectivity index (χ1v) is 8.35. The first-order valence-electron chi connectivity index (χ1n) is 8.35. The van der Waals surface area contributed by atoms with Crippen LogP contribution < -0.4 is 5.43 Å². The Morgan fingerprint density at radius 2 is 1.77 bits per heavy atom. The minimum atomic E-state index is -0.590. The van der Waals surface area contributed by atoms with Crippen LogP contribution in [0.15, 0.2) is 29.6 Å². The molecule has 0 aromatic rings. The van der Waals surface area contributed by atoms with E-state index < -0.39 is 11.9 Å². The van der Waals surface area contributed by atoms with Crippen LogP contribution in [0.1, 0.15) is 46.0 Å². The molecule has 0 aliphatic heterocycles. The molecule has 0 heterocycles. The van der Waals surface area contributed by atoms with Crippen LogP contribution in [0.3, 0.4) is 0 Å². The Morgan fingerprint density at radius 3 is 2.31 bits per heavy atom. The Hall–Kier alpha value is -2.64. The minimum absolute atomic E-state index is 0.0912. The number of carbonyl (C=O) groups is 3. The summed E-state index contributed by atoms with van der Waals surface area (Å²) in [5.74, 6) is -1.39. The highest BCUT2D eigenvalue weighted by molar-refractivity contribution is 6.36. The van der Waals surface area contributed by atoms with Crippen LogP contribution in [-0.4, -0.2) is 43.9 Å². The number of rotatable bonds is 12. The van der Waals surface area contributed by atoms with Crippen molar-refractivity contribution in [3.63, 3.8) is 0 Å². The molecule has 0 aliphatic carbocycles. The lowest BCUT2D eigenvalue weighted by Crippen LogP contribution is -2.26. The average Bonchev–Trinajstić information content (AvgIpc) is 2.60. The summed E-state index contributed by atoms with van der Waals surface area (Å²) < 4.78 is 14.6. The number of unbranched alkanes of at least 4 members (excludes halogenated alkanes) is 1. The van der Waals surface area contributed by atoms with Crippen molar-refractivity contribution in [2.75, 3.05) is 14.2 Å². The van der Waals surface area contributed by atoms with Gasteiger partial charge in [-0.3, -0.25) is 4.79 Å². The molecule has 0 aromatic carbocycles. The maximum absolute atomic E-state index is 12.1. The molecule has 146 valence electrons. The highest BCUT2D eigenvalue weighted by atomic mass is 16.6. The fraction of sp³-hybridized carbons (Fsp3) is 0.556. The molecular formula is C18H28N2O6. The summed E-state index contributed by atoms with van der Waals surface area (Å²) in [6.45, 7) is 6.99. The van der Waals surface area contributed by atoms with Crippen LogP contribution >= 0.6 is 0 Å². The van der Waals surface area contributed by atoms with Gasteiger partial charge in [0.1, 0.15) is 5.71 Å². The monoisotopic (exact) mass is 368 g/mol. The van der Waals surface area contributed by atoms with Crippen LogP contribution in [0, 0.1) is 0 Å². The van der Waals surface area contributed by atoms with Crippen molar-refractivity contribution in [3.05, 3.63) is 24.5 Å². The van der Waals surface area contributed by atoms with E-state index in [1.165, 1.54) is 14.2 Å². The molecule has 0 bridgehead atoms. The Balaban J connectivity index is 4.83. The second-order valence-corrected chi connectivity index (χ2v) is 5.53. The van der Waals surface area contributed by atoms with E-state index in [0.29, 0.717) is 19.3 Å². The zero-order valence-corrected chi connectivity index (χ0v) is 15.9. The Kier molecular flexibility index (Phi) is 12.2. The highest BCUT2D eigenvalue weighted by Gasteiger charge is 2.16. The van der Waals surface area contributed by atoms with Gasteiger partial charge in [0, 0.05) is 6.42 Å². The largest absolute Gasteiger partial charge is 0.490 e. The van der Waals surface area contributed by atoms with Crippen molar-refractivity contribution in [3.8, 4) is 0 Å². The van der Waals surface area contributed by atoms with Crippen molar-refractivity contribution in [1.82, 2.24) is 5.43 Å². The molecule has 0 radical (unpaired) electrons. The number of hydrogen-bond acceptors (Lipinski definition) is 7. The van der Waals surface area contributed by atoms with Crippen LogP contribution in [0.4, 0.5) is 0 Å². The van der Waals surface area contributed by atoms with Crippen molar-refractivity contribution in [1.29, 1.82) is 0 Å². The molecular weight excluding hydrogens is 340 g/mol. The van der Waals surface area contributed by atoms with Gasteiger partial charge in [-0.05, 0) is 45.6 Å². The number of hydrogen-bond donors (Lipinski definition) is 1. The first-order chi connectivity index (χ1) is 12.3. The number of hydrazone groups is 1. The van der Waals surface area contributed by atoms with Gasteiger partial charge in [-0.25, -0.2) is 15.0 Å². The number of allylic oxidation sites excluding steroid dienone is 2. The molecule has 1 amide bonds. The molecule has 0 fully saturated rings. The third kappa shape index (κ3) is 10.3. The molecule has 0 aromatic heterocycles. The van der Waals surface area contributed by atoms with Crippen LogP contribution in [0.2, 0.25) is 0 Å². The zero-order chi connectivity index (χ0) is 19.9. The van der Waals surface area contributed by atoms with E-state index in [1.807, 2.05) is 0 Å². The van der Waals surface area contributed by atoms with Gasteiger partial charge in [0.2, 0.25) is 5.91 Å². The molecule has 0 atom stereocenters. The van der Waals surface area contributed by atoms with Gasteiger partial charge in [0.15, 0.2) is 5.76 Å². The van der Waals surface area contributed by atoms with Crippen LogP contribution in [0.25, 0.3) is 0 Å². The fourth-order valence-corrected chi connectivity index (χ4v) is 1.76. The Morgan fingerprint density at radius 1 is 1.08 bits per heavy atom. The van der Waals surface area contributed by atoms with E-state index in [1.54, 1.807) is 26.0 Å². The Labute approximate surface area is 154 Å². The Bertz CT molecular complexity index is 552. The lowest BCUT2D eigenvalue weighted by atomic mass is 10.1. The van der Waals surface area contributed by atoms with E-state index in [-0.39, 0.29) is 36.3 Å². The molecule has 0 unspecified atom stereocenters. The number of nitrogens with zero attached hydrogens (tertiary/aromatic N) is 1. The van der Waals surface area contributed by atoms with Crippen molar-refractivity contribution in [2.24, 2.45) is 5.10 Å². The summed E-state index contributed by atoms with van der Waals surface area (Å²) in [4.78, 5) is 35.1. The molecule has 0 saturated heterocycles. The quantitative estimate of drug-likeness (QED) is 0.108. The molecule has 8 heteroatoms. The maximum Gasteiger partial charge on any atom is 0.372 e. The average molecular weight is 368 g/mol. The molecule has 8 nitrogen and oxygen atoms in total. The summed E-state index contributed by atoms with van der Waals surface area (Å²) in [7, 11) is 2.63. The van der Waals surface area contributed by atoms with E-state index in [2.05, 4.69) is 21.8 Å². The van der Waals surface area contributed by atoms with Gasteiger partial charge < -0.3 is 14.2 Å². The fourth-order valence-electron chi connectivity index (χ4n) is 1.76. The third-order valence-corrected chi connectivity index (χ3v) is 3.02. The minimum Gasteiger partial charge on any atom is -0.490 e. The van der Waals surface area contributed by atoms with Gasteiger partial charge in [-0.2, -0.15) is 5.10 Å². The summed E-state index contributed by atoms with van der Waals surface area (Å²) in [6.07, 6.45) is 4.86. The van der Waals surface area contributed by atoms with Crippen molar-refractivity contribution >= 4 is 23.6 Å². The standard InChI is InChI=1S/C18H28N2O6/c1-6-7-12-16(21)20-19-14(17(22)26-13(2)3)10-8-9-11-15(24-4)18(23)25-5/h6,11,13H,1,7-10,12H2,2-5H3,(H,20,21)/b15-11-,19-14-. The predicted molar refractivity (Wildman–Crippen MR) is 97.2 cm³/mol. The summed E-state index contributed by atoms with van der Waals surface area (Å²) in [6, 6.07) is 0. The van der Waals surface area contributed by atoms with Crippen LogP contribution in [-0.2, 0) is 28.6 Å². The van der Waals surface area contributed by atoms with E-state index >= 15 is 0 Å². The van der Waals surface area contributed by atoms with Gasteiger partial charge in [0.05, 0.1) is 20.3 Å². The van der Waals surface area contributed by atoms with Gasteiger partial charge in [-0.15, -0.1) is 6.58 Å². The smallest absolute Gasteiger partial charge is 0.372 e. The lowest BCUT2D eigenvalue weighted by molar-refractivity contribution is -0.140. The van der Waals surface area contributed by atoms with E-state index in [9.17, 15) is 14.4 Å². The number of carbonyl (C=O) groups excluding carboxylic acids is 3. The zero-order valence-electron chi connectivity index (χ0n) is 15.9. The lowest BCUT2D eigenvalue weighted by Gasteiger charge is -2.10. The van der Waals surface area contributed by atoms with E-state index in [4.69, 9.17) is 9.47 Å². The second-order valence-electron chi connectivity index (χ2n) is 5.53. The number of nitrogens with one attached hydrogen (secondary N) is 1. The predicted octanol–water partition coefficient (Wildman–Crippen LogP) is 2.25. The van der Waals surface area contributed by atoms with Gasteiger partial charge in [-0.1, -0.05) is 6.08 Å². The van der Waals surface area contributed by atoms with Crippen LogP contribution in [0.5, 0.6) is 0 Å². The number of esters is 2. The molecule has 1 N–H and O–H groups in total. The molecule has 0 rings (SSSR count). The molecule has 26 heavy (non-hydrogen) atoms. The first kappa shape index (κ1) is 23.4. The summed E-state index contributed by atoms with van der Waals surface area (Å²) in [5, 5.41) is 3.88. The number of amides is 1. The molecule has 0 aliphatic rings. The number of ether oxygens (including phenoxy) is 3. The van der Waals surface area contributed by atoms with Gasteiger partial charge >= 0.3 is 11.9 Å². The molecule has 0 saturated carbocycles. The second kappa shape index (κ2) is 13.6. The number of methoxy groups -OCH3 is 2.